The number of sulfonamides is 1. The molecular formula is C24H25NO5S. The Morgan fingerprint density at radius 3 is 2.32 bits per heavy atom. The SMILES string of the molecule is Cc1ccc(S(=O)(=O)N(CC#CCOC(=O)c2ccccc2)C2CCC(=O)CC2)cc1. The van der Waals surface area contributed by atoms with Crippen LogP contribution in [0.3, 0.4) is 0 Å². The third kappa shape index (κ3) is 6.03. The van der Waals surface area contributed by atoms with E-state index in [0.717, 1.165) is 5.56 Å². The summed E-state index contributed by atoms with van der Waals surface area (Å²) in [5, 5.41) is 0. The Balaban J connectivity index is 1.70. The molecule has 0 aliphatic heterocycles. The van der Waals surface area contributed by atoms with Crippen LogP contribution in [0.15, 0.2) is 59.5 Å². The zero-order valence-electron chi connectivity index (χ0n) is 17.4. The Hall–Kier alpha value is -2.95. The molecule has 1 aliphatic rings. The molecule has 0 heterocycles. The van der Waals surface area contributed by atoms with Gasteiger partial charge in [-0.25, -0.2) is 13.2 Å². The van der Waals surface area contributed by atoms with Crippen molar-refractivity contribution < 1.29 is 22.7 Å². The van der Waals surface area contributed by atoms with E-state index in [0.29, 0.717) is 31.2 Å². The molecule has 2 aromatic carbocycles. The largest absolute Gasteiger partial charge is 0.449 e. The lowest BCUT2D eigenvalue weighted by molar-refractivity contribution is -0.120. The number of aryl methyl sites for hydroxylation is 1. The molecule has 1 saturated carbocycles. The van der Waals surface area contributed by atoms with Gasteiger partial charge < -0.3 is 4.74 Å². The fraction of sp³-hybridized carbons (Fsp3) is 0.333. The fourth-order valence-corrected chi connectivity index (χ4v) is 5.00. The molecule has 0 spiro atoms. The second-order valence-corrected chi connectivity index (χ2v) is 9.32. The third-order valence-electron chi connectivity index (χ3n) is 5.19. The number of hydrogen-bond donors (Lipinski definition) is 0. The van der Waals surface area contributed by atoms with Crippen molar-refractivity contribution in [3.63, 3.8) is 0 Å². The summed E-state index contributed by atoms with van der Waals surface area (Å²) in [6.07, 6.45) is 1.70. The van der Waals surface area contributed by atoms with E-state index in [4.69, 9.17) is 4.74 Å². The molecule has 0 bridgehead atoms. The fourth-order valence-electron chi connectivity index (χ4n) is 3.41. The molecule has 0 radical (unpaired) electrons. The van der Waals surface area contributed by atoms with Gasteiger partial charge >= 0.3 is 5.97 Å². The maximum Gasteiger partial charge on any atom is 0.339 e. The predicted molar refractivity (Wildman–Crippen MR) is 117 cm³/mol. The van der Waals surface area contributed by atoms with Gasteiger partial charge in [-0.05, 0) is 44.0 Å². The smallest absolute Gasteiger partial charge is 0.339 e. The molecule has 7 heteroatoms. The third-order valence-corrected chi connectivity index (χ3v) is 7.11. The topological polar surface area (TPSA) is 80.8 Å². The van der Waals surface area contributed by atoms with Crippen molar-refractivity contribution in [2.24, 2.45) is 0 Å². The number of ketones is 1. The Labute approximate surface area is 183 Å². The van der Waals surface area contributed by atoms with Gasteiger partial charge in [0.1, 0.15) is 5.78 Å². The van der Waals surface area contributed by atoms with Crippen molar-refractivity contribution in [3.8, 4) is 11.8 Å². The molecule has 162 valence electrons. The molecule has 0 atom stereocenters. The highest BCUT2D eigenvalue weighted by Gasteiger charge is 2.33. The Morgan fingerprint density at radius 1 is 1.03 bits per heavy atom. The number of benzene rings is 2. The minimum absolute atomic E-state index is 0.0298. The highest BCUT2D eigenvalue weighted by Crippen LogP contribution is 2.26. The van der Waals surface area contributed by atoms with Gasteiger partial charge in [0.15, 0.2) is 6.61 Å². The maximum atomic E-state index is 13.3. The van der Waals surface area contributed by atoms with E-state index in [1.54, 1.807) is 54.6 Å². The van der Waals surface area contributed by atoms with Gasteiger partial charge in [-0.1, -0.05) is 47.7 Å². The van der Waals surface area contributed by atoms with Crippen LogP contribution in [0.4, 0.5) is 0 Å². The van der Waals surface area contributed by atoms with Gasteiger partial charge in [0.2, 0.25) is 10.0 Å². The molecule has 1 aliphatic carbocycles. The summed E-state index contributed by atoms with van der Waals surface area (Å²) in [5.41, 5.74) is 1.40. The first kappa shape index (κ1) is 22.7. The van der Waals surface area contributed by atoms with Crippen LogP contribution in [0.25, 0.3) is 0 Å². The molecule has 0 amide bonds. The predicted octanol–water partition coefficient (Wildman–Crippen LogP) is 3.36. The number of carbonyl (C=O) groups excluding carboxylic acids is 2. The van der Waals surface area contributed by atoms with Crippen LogP contribution in [-0.4, -0.2) is 43.7 Å². The zero-order chi connectivity index (χ0) is 22.3. The van der Waals surface area contributed by atoms with E-state index in [2.05, 4.69) is 11.8 Å². The van der Waals surface area contributed by atoms with Crippen LogP contribution in [0.5, 0.6) is 0 Å². The molecule has 6 nitrogen and oxygen atoms in total. The maximum absolute atomic E-state index is 13.3. The van der Waals surface area contributed by atoms with Gasteiger partial charge in [0.05, 0.1) is 17.0 Å². The second kappa shape index (κ2) is 10.4. The summed E-state index contributed by atoms with van der Waals surface area (Å²) in [6, 6.07) is 15.0. The standard InChI is InChI=1S/C24H25NO5S/c1-19-9-15-23(16-10-19)31(28,29)25(21-11-13-22(26)14-12-21)17-5-6-18-30-24(27)20-7-3-2-4-8-20/h2-4,7-10,15-16,21H,11-14,17-18H2,1H3. The lowest BCUT2D eigenvalue weighted by atomic mass is 9.94. The van der Waals surface area contributed by atoms with E-state index < -0.39 is 16.0 Å². The molecule has 0 unspecified atom stereocenters. The molecule has 3 rings (SSSR count). The van der Waals surface area contributed by atoms with Gasteiger partial charge in [-0.2, -0.15) is 4.31 Å². The van der Waals surface area contributed by atoms with E-state index in [-0.39, 0.29) is 29.9 Å². The van der Waals surface area contributed by atoms with Crippen LogP contribution in [0, 0.1) is 18.8 Å². The van der Waals surface area contributed by atoms with Crippen LogP contribution in [0.2, 0.25) is 0 Å². The minimum Gasteiger partial charge on any atom is -0.449 e. The first-order valence-corrected chi connectivity index (χ1v) is 11.6. The minimum atomic E-state index is -3.77. The normalized spacial score (nSPS) is 14.7. The highest BCUT2D eigenvalue weighted by atomic mass is 32.2. The molecule has 2 aromatic rings. The van der Waals surface area contributed by atoms with Crippen molar-refractivity contribution in [1.82, 2.24) is 4.31 Å². The average molecular weight is 440 g/mol. The number of ether oxygens (including phenoxy) is 1. The van der Waals surface area contributed by atoms with E-state index in [9.17, 15) is 18.0 Å². The summed E-state index contributed by atoms with van der Waals surface area (Å²) in [5.74, 6) is 5.23. The number of hydrogen-bond acceptors (Lipinski definition) is 5. The number of nitrogens with zero attached hydrogens (tertiary/aromatic N) is 1. The molecular weight excluding hydrogens is 414 g/mol. The van der Waals surface area contributed by atoms with Gasteiger partial charge in [-0.3, -0.25) is 4.79 Å². The van der Waals surface area contributed by atoms with Crippen LogP contribution < -0.4 is 0 Å². The van der Waals surface area contributed by atoms with Gasteiger partial charge in [0, 0.05) is 18.9 Å². The quantitative estimate of drug-likeness (QED) is 0.509. The number of rotatable bonds is 6. The van der Waals surface area contributed by atoms with E-state index in [1.807, 2.05) is 6.92 Å². The number of esters is 1. The number of carbonyl (C=O) groups is 2. The Bertz CT molecular complexity index is 1070. The number of Topliss-reactive ketones (excluding diaryl/α,β-unsaturated/α-hetero) is 1. The molecule has 31 heavy (non-hydrogen) atoms. The first-order valence-electron chi connectivity index (χ1n) is 10.2. The van der Waals surface area contributed by atoms with Crippen molar-refractivity contribution in [1.29, 1.82) is 0 Å². The average Bonchev–Trinajstić information content (AvgIpc) is 2.77. The van der Waals surface area contributed by atoms with Crippen molar-refractivity contribution in [2.75, 3.05) is 13.2 Å². The lowest BCUT2D eigenvalue weighted by Crippen LogP contribution is -2.42. The van der Waals surface area contributed by atoms with Crippen LogP contribution in [-0.2, 0) is 19.6 Å². The summed E-state index contributed by atoms with van der Waals surface area (Å²) in [7, 11) is -3.77. The summed E-state index contributed by atoms with van der Waals surface area (Å²) >= 11 is 0. The summed E-state index contributed by atoms with van der Waals surface area (Å²) in [6.45, 7) is 1.73. The molecule has 0 aromatic heterocycles. The molecule has 0 saturated heterocycles. The van der Waals surface area contributed by atoms with E-state index >= 15 is 0 Å². The van der Waals surface area contributed by atoms with Crippen molar-refractivity contribution in [3.05, 3.63) is 65.7 Å². The highest BCUT2D eigenvalue weighted by molar-refractivity contribution is 7.89. The molecule has 1 fully saturated rings. The summed E-state index contributed by atoms with van der Waals surface area (Å²) in [4.78, 5) is 23.8. The second-order valence-electron chi connectivity index (χ2n) is 7.43. The van der Waals surface area contributed by atoms with Gasteiger partial charge in [-0.15, -0.1) is 0 Å². The summed E-state index contributed by atoms with van der Waals surface area (Å²) < 4.78 is 33.0. The first-order chi connectivity index (χ1) is 14.9. The van der Waals surface area contributed by atoms with Gasteiger partial charge in [0.25, 0.3) is 0 Å². The van der Waals surface area contributed by atoms with Crippen molar-refractivity contribution in [2.45, 2.75) is 43.5 Å². The lowest BCUT2D eigenvalue weighted by Gasteiger charge is -2.31. The molecule has 0 N–H and O–H groups in total. The van der Waals surface area contributed by atoms with Crippen molar-refractivity contribution >= 4 is 21.8 Å². The Kier molecular flexibility index (Phi) is 7.61. The monoisotopic (exact) mass is 439 g/mol. The van der Waals surface area contributed by atoms with Crippen LogP contribution >= 0.6 is 0 Å². The van der Waals surface area contributed by atoms with Crippen LogP contribution in [0.1, 0.15) is 41.6 Å². The zero-order valence-corrected chi connectivity index (χ0v) is 18.2. The Morgan fingerprint density at radius 2 is 1.68 bits per heavy atom. The van der Waals surface area contributed by atoms with E-state index in [1.165, 1.54) is 4.31 Å².